The second-order valence-corrected chi connectivity index (χ2v) is 6.20. The van der Waals surface area contributed by atoms with Gasteiger partial charge in [-0.1, -0.05) is 37.3 Å². The summed E-state index contributed by atoms with van der Waals surface area (Å²) < 4.78 is 5.35. The molecule has 0 saturated carbocycles. The fraction of sp³-hybridized carbons (Fsp3) is 0.556. The van der Waals surface area contributed by atoms with Crippen LogP contribution in [0.5, 0.6) is 0 Å². The van der Waals surface area contributed by atoms with Crippen LogP contribution < -0.4 is 0 Å². The molecule has 1 amide bonds. The van der Waals surface area contributed by atoms with Crippen LogP contribution in [0, 0.1) is 11.8 Å². The summed E-state index contributed by atoms with van der Waals surface area (Å²) in [6.07, 6.45) is 1.71. The van der Waals surface area contributed by atoms with Crippen LogP contribution in [0.2, 0.25) is 0 Å². The third kappa shape index (κ3) is 4.55. The zero-order chi connectivity index (χ0) is 16.8. The molecule has 2 rings (SSSR count). The second kappa shape index (κ2) is 8.11. The molecule has 1 aromatic rings. The van der Waals surface area contributed by atoms with E-state index in [1.165, 1.54) is 4.90 Å². The highest BCUT2D eigenvalue weighted by molar-refractivity contribution is 5.84. The monoisotopic (exact) mass is 319 g/mol. The van der Waals surface area contributed by atoms with Crippen molar-refractivity contribution in [3.05, 3.63) is 35.9 Å². The number of nitrogens with zero attached hydrogens (tertiary/aromatic N) is 1. The van der Waals surface area contributed by atoms with Crippen molar-refractivity contribution in [3.63, 3.8) is 0 Å². The van der Waals surface area contributed by atoms with Crippen LogP contribution in [0.3, 0.4) is 0 Å². The Morgan fingerprint density at radius 3 is 2.39 bits per heavy atom. The highest BCUT2D eigenvalue weighted by Gasteiger charge is 2.33. The zero-order valence-corrected chi connectivity index (χ0v) is 13.8. The predicted octanol–water partition coefficient (Wildman–Crippen LogP) is 2.55. The molecule has 1 saturated heterocycles. The van der Waals surface area contributed by atoms with Gasteiger partial charge < -0.3 is 14.7 Å². The summed E-state index contributed by atoms with van der Waals surface area (Å²) in [5, 5.41) is 9.36. The van der Waals surface area contributed by atoms with Crippen molar-refractivity contribution in [1.29, 1.82) is 0 Å². The number of hydrogen-bond donors (Lipinski definition) is 1. The quantitative estimate of drug-likeness (QED) is 0.875. The molecule has 1 aromatic carbocycles. The van der Waals surface area contributed by atoms with Gasteiger partial charge in [-0.3, -0.25) is 4.79 Å². The maximum absolute atomic E-state index is 12.9. The third-order valence-corrected chi connectivity index (χ3v) is 4.67. The molecule has 126 valence electrons. The first-order chi connectivity index (χ1) is 11.0. The van der Waals surface area contributed by atoms with Crippen LogP contribution >= 0.6 is 0 Å². The lowest BCUT2D eigenvalue weighted by Crippen LogP contribution is -2.46. The molecule has 1 aliphatic rings. The van der Waals surface area contributed by atoms with E-state index in [4.69, 9.17) is 4.74 Å². The normalized spacial score (nSPS) is 18.2. The average molecular weight is 319 g/mol. The van der Waals surface area contributed by atoms with Crippen LogP contribution in [0.4, 0.5) is 0 Å². The van der Waals surface area contributed by atoms with Crippen LogP contribution in [0.15, 0.2) is 30.3 Å². The van der Waals surface area contributed by atoms with E-state index in [1.807, 2.05) is 37.3 Å². The Hall–Kier alpha value is -1.88. The SMILES string of the molecule is CC(C(=O)N(Cc1ccccc1)C(C)C(=O)O)C1CCOCC1. The van der Waals surface area contributed by atoms with Gasteiger partial charge >= 0.3 is 5.97 Å². The van der Waals surface area contributed by atoms with Crippen molar-refractivity contribution >= 4 is 11.9 Å². The summed E-state index contributed by atoms with van der Waals surface area (Å²) in [7, 11) is 0. The number of benzene rings is 1. The van der Waals surface area contributed by atoms with Gasteiger partial charge in [0, 0.05) is 25.7 Å². The smallest absolute Gasteiger partial charge is 0.326 e. The van der Waals surface area contributed by atoms with E-state index in [9.17, 15) is 14.7 Å². The summed E-state index contributed by atoms with van der Waals surface area (Å²) in [6.45, 7) is 5.15. The topological polar surface area (TPSA) is 66.8 Å². The molecule has 1 N–H and O–H groups in total. The summed E-state index contributed by atoms with van der Waals surface area (Å²) in [5.41, 5.74) is 0.938. The lowest BCUT2D eigenvalue weighted by molar-refractivity contribution is -0.153. The fourth-order valence-corrected chi connectivity index (χ4v) is 3.00. The van der Waals surface area contributed by atoms with Crippen LogP contribution in [-0.2, 0) is 20.9 Å². The maximum Gasteiger partial charge on any atom is 0.326 e. The zero-order valence-electron chi connectivity index (χ0n) is 13.8. The summed E-state index contributed by atoms with van der Waals surface area (Å²) in [5.74, 6) is -0.996. The van der Waals surface area contributed by atoms with Gasteiger partial charge in [0.15, 0.2) is 0 Å². The van der Waals surface area contributed by atoms with Crippen LogP contribution in [0.25, 0.3) is 0 Å². The van der Waals surface area contributed by atoms with Crippen molar-refractivity contribution in [1.82, 2.24) is 4.90 Å². The number of aliphatic carboxylic acids is 1. The van der Waals surface area contributed by atoms with E-state index in [0.717, 1.165) is 18.4 Å². The molecular formula is C18H25NO4. The molecule has 2 atom stereocenters. The van der Waals surface area contributed by atoms with E-state index >= 15 is 0 Å². The molecule has 0 aromatic heterocycles. The molecule has 1 fully saturated rings. The van der Waals surface area contributed by atoms with Crippen LogP contribution in [0.1, 0.15) is 32.3 Å². The van der Waals surface area contributed by atoms with Gasteiger partial charge in [0.2, 0.25) is 5.91 Å². The molecule has 0 radical (unpaired) electrons. The molecule has 0 aliphatic carbocycles. The Bertz CT molecular complexity index is 525. The highest BCUT2D eigenvalue weighted by atomic mass is 16.5. The molecule has 2 unspecified atom stereocenters. The van der Waals surface area contributed by atoms with Crippen molar-refractivity contribution in [2.24, 2.45) is 11.8 Å². The van der Waals surface area contributed by atoms with Crippen molar-refractivity contribution < 1.29 is 19.4 Å². The molecule has 0 bridgehead atoms. The third-order valence-electron chi connectivity index (χ3n) is 4.67. The number of amides is 1. The Balaban J connectivity index is 2.14. The molecular weight excluding hydrogens is 294 g/mol. The largest absolute Gasteiger partial charge is 0.480 e. The summed E-state index contributed by atoms with van der Waals surface area (Å²) in [4.78, 5) is 25.8. The highest BCUT2D eigenvalue weighted by Crippen LogP contribution is 2.26. The number of carboxylic acid groups (broad SMARTS) is 1. The van der Waals surface area contributed by atoms with E-state index in [1.54, 1.807) is 6.92 Å². The standard InChI is InChI=1S/C18H25NO4/c1-13(16-8-10-23-11-9-16)17(20)19(14(2)18(21)22)12-15-6-4-3-5-7-15/h3-7,13-14,16H,8-12H2,1-2H3,(H,21,22). The Morgan fingerprint density at radius 1 is 1.22 bits per heavy atom. The predicted molar refractivity (Wildman–Crippen MR) is 86.8 cm³/mol. The van der Waals surface area contributed by atoms with Crippen molar-refractivity contribution in [2.75, 3.05) is 13.2 Å². The summed E-state index contributed by atoms with van der Waals surface area (Å²) in [6, 6.07) is 8.67. The Morgan fingerprint density at radius 2 is 1.83 bits per heavy atom. The molecule has 0 spiro atoms. The van der Waals surface area contributed by atoms with E-state index < -0.39 is 12.0 Å². The number of carboxylic acids is 1. The minimum Gasteiger partial charge on any atom is -0.480 e. The lowest BCUT2D eigenvalue weighted by Gasteiger charge is -2.33. The van der Waals surface area contributed by atoms with Crippen molar-refractivity contribution in [2.45, 2.75) is 39.3 Å². The van der Waals surface area contributed by atoms with E-state index in [2.05, 4.69) is 0 Å². The second-order valence-electron chi connectivity index (χ2n) is 6.20. The van der Waals surface area contributed by atoms with Gasteiger partial charge in [-0.2, -0.15) is 0 Å². The van der Waals surface area contributed by atoms with E-state index in [-0.39, 0.29) is 17.7 Å². The van der Waals surface area contributed by atoms with Gasteiger partial charge in [0.05, 0.1) is 0 Å². The van der Waals surface area contributed by atoms with Crippen LogP contribution in [-0.4, -0.2) is 41.1 Å². The first-order valence-electron chi connectivity index (χ1n) is 8.15. The summed E-state index contributed by atoms with van der Waals surface area (Å²) >= 11 is 0. The number of rotatable bonds is 6. The minimum atomic E-state index is -0.978. The lowest BCUT2D eigenvalue weighted by atomic mass is 9.86. The Kier molecular flexibility index (Phi) is 6.16. The van der Waals surface area contributed by atoms with E-state index in [0.29, 0.717) is 19.8 Å². The average Bonchev–Trinajstić information content (AvgIpc) is 2.59. The molecule has 23 heavy (non-hydrogen) atoms. The number of ether oxygens (including phenoxy) is 1. The molecule has 5 heteroatoms. The number of hydrogen-bond acceptors (Lipinski definition) is 3. The van der Waals surface area contributed by atoms with Gasteiger partial charge in [0.1, 0.15) is 6.04 Å². The molecule has 1 heterocycles. The van der Waals surface area contributed by atoms with Crippen molar-refractivity contribution in [3.8, 4) is 0 Å². The first-order valence-corrected chi connectivity index (χ1v) is 8.15. The van der Waals surface area contributed by atoms with Gasteiger partial charge in [-0.25, -0.2) is 4.79 Å². The number of carbonyl (C=O) groups is 2. The van der Waals surface area contributed by atoms with Gasteiger partial charge in [0.25, 0.3) is 0 Å². The molecule has 5 nitrogen and oxygen atoms in total. The minimum absolute atomic E-state index is 0.0874. The fourth-order valence-electron chi connectivity index (χ4n) is 3.00. The van der Waals surface area contributed by atoms with Gasteiger partial charge in [-0.05, 0) is 31.2 Å². The maximum atomic E-state index is 12.9. The number of carbonyl (C=O) groups excluding carboxylic acids is 1. The molecule has 1 aliphatic heterocycles. The Labute approximate surface area is 137 Å². The first kappa shape index (κ1) is 17.5. The van der Waals surface area contributed by atoms with Gasteiger partial charge in [-0.15, -0.1) is 0 Å².